The zero-order valence-corrected chi connectivity index (χ0v) is 15.7. The molecule has 0 saturated carbocycles. The molecule has 0 aliphatic rings. The number of aromatic nitrogens is 1. The minimum Gasteiger partial charge on any atom is -0.493 e. The van der Waals surface area contributed by atoms with Gasteiger partial charge in [0.2, 0.25) is 5.91 Å². The van der Waals surface area contributed by atoms with E-state index in [1.165, 1.54) is 0 Å². The van der Waals surface area contributed by atoms with Crippen LogP contribution in [0.15, 0.2) is 53.1 Å². The zero-order chi connectivity index (χ0) is 19.2. The summed E-state index contributed by atoms with van der Waals surface area (Å²) in [5.74, 6) is 1.67. The molecule has 7 heteroatoms. The molecule has 0 aliphatic heterocycles. The summed E-state index contributed by atoms with van der Waals surface area (Å²) >= 11 is 6.08. The largest absolute Gasteiger partial charge is 0.493 e. The Hall–Kier alpha value is -2.99. The summed E-state index contributed by atoms with van der Waals surface area (Å²) in [4.78, 5) is 12.1. The van der Waals surface area contributed by atoms with E-state index in [2.05, 4.69) is 10.5 Å². The second kappa shape index (κ2) is 8.60. The van der Waals surface area contributed by atoms with Gasteiger partial charge in [0.1, 0.15) is 5.69 Å². The Bertz CT molecular complexity index is 939. The van der Waals surface area contributed by atoms with Gasteiger partial charge in [0, 0.05) is 16.7 Å². The fourth-order valence-corrected chi connectivity index (χ4v) is 2.79. The summed E-state index contributed by atoms with van der Waals surface area (Å²) in [7, 11) is 3.15. The van der Waals surface area contributed by atoms with Crippen molar-refractivity contribution in [3.8, 4) is 22.8 Å². The van der Waals surface area contributed by atoms with Crippen LogP contribution in [0.2, 0.25) is 5.02 Å². The van der Waals surface area contributed by atoms with Crippen LogP contribution in [-0.2, 0) is 17.8 Å². The van der Waals surface area contributed by atoms with Gasteiger partial charge in [-0.3, -0.25) is 4.79 Å². The topological polar surface area (TPSA) is 73.6 Å². The number of carbonyl (C=O) groups is 1. The van der Waals surface area contributed by atoms with Crippen LogP contribution < -0.4 is 14.8 Å². The lowest BCUT2D eigenvalue weighted by molar-refractivity contribution is -0.120. The predicted molar refractivity (Wildman–Crippen MR) is 102 cm³/mol. The van der Waals surface area contributed by atoms with Gasteiger partial charge in [-0.15, -0.1) is 0 Å². The number of benzene rings is 2. The van der Waals surface area contributed by atoms with E-state index in [9.17, 15) is 4.79 Å². The molecule has 0 aliphatic carbocycles. The van der Waals surface area contributed by atoms with E-state index in [-0.39, 0.29) is 18.9 Å². The van der Waals surface area contributed by atoms with Crippen LogP contribution in [0.3, 0.4) is 0 Å². The molecule has 2 aromatic carbocycles. The molecular formula is C20H19ClN2O4. The standard InChI is InChI=1S/C20H19ClN2O4/c1-25-17-8-7-14(9-19(17)26-2)18-11-15(23-27-18)12-22-20(24)10-13-5-3-4-6-16(13)21/h3-9,11H,10,12H2,1-2H3,(H,22,24). The molecule has 140 valence electrons. The van der Waals surface area contributed by atoms with Crippen molar-refractivity contribution in [2.45, 2.75) is 13.0 Å². The molecule has 0 saturated heterocycles. The first-order valence-corrected chi connectivity index (χ1v) is 8.66. The zero-order valence-electron chi connectivity index (χ0n) is 15.0. The van der Waals surface area contributed by atoms with Crippen molar-refractivity contribution >= 4 is 17.5 Å². The van der Waals surface area contributed by atoms with Gasteiger partial charge < -0.3 is 19.3 Å². The fraction of sp³-hybridized carbons (Fsp3) is 0.200. The number of amides is 1. The second-order valence-corrected chi connectivity index (χ2v) is 6.20. The summed E-state index contributed by atoms with van der Waals surface area (Å²) < 4.78 is 15.9. The summed E-state index contributed by atoms with van der Waals surface area (Å²) in [6.07, 6.45) is 0.208. The Morgan fingerprint density at radius 1 is 1.11 bits per heavy atom. The highest BCUT2D eigenvalue weighted by molar-refractivity contribution is 6.31. The SMILES string of the molecule is COc1ccc(-c2cc(CNC(=O)Cc3ccccc3Cl)no2)cc1OC. The molecule has 1 N–H and O–H groups in total. The Labute approximate surface area is 162 Å². The molecule has 0 unspecified atom stereocenters. The Morgan fingerprint density at radius 2 is 1.89 bits per heavy atom. The Balaban J connectivity index is 1.63. The first-order valence-electron chi connectivity index (χ1n) is 8.29. The highest BCUT2D eigenvalue weighted by atomic mass is 35.5. The first-order chi connectivity index (χ1) is 13.1. The van der Waals surface area contributed by atoms with Gasteiger partial charge >= 0.3 is 0 Å². The summed E-state index contributed by atoms with van der Waals surface area (Å²) in [5, 5.41) is 7.39. The quantitative estimate of drug-likeness (QED) is 0.667. The molecule has 3 rings (SSSR count). The van der Waals surface area contributed by atoms with Gasteiger partial charge in [-0.05, 0) is 29.8 Å². The smallest absolute Gasteiger partial charge is 0.224 e. The van der Waals surface area contributed by atoms with Gasteiger partial charge in [0.15, 0.2) is 17.3 Å². The molecule has 6 nitrogen and oxygen atoms in total. The third kappa shape index (κ3) is 4.60. The number of rotatable bonds is 7. The third-order valence-electron chi connectivity index (χ3n) is 4.00. The van der Waals surface area contributed by atoms with Crippen molar-refractivity contribution in [1.82, 2.24) is 10.5 Å². The second-order valence-electron chi connectivity index (χ2n) is 5.80. The third-order valence-corrected chi connectivity index (χ3v) is 4.37. The van der Waals surface area contributed by atoms with Crippen molar-refractivity contribution in [3.63, 3.8) is 0 Å². The van der Waals surface area contributed by atoms with Gasteiger partial charge in [0.25, 0.3) is 0 Å². The number of hydrogen-bond donors (Lipinski definition) is 1. The molecule has 1 aromatic heterocycles. The number of nitrogens with zero attached hydrogens (tertiary/aromatic N) is 1. The maximum absolute atomic E-state index is 12.1. The minimum atomic E-state index is -0.140. The van der Waals surface area contributed by atoms with E-state index in [0.717, 1.165) is 11.1 Å². The minimum absolute atomic E-state index is 0.140. The molecule has 0 bridgehead atoms. The van der Waals surface area contributed by atoms with E-state index in [1.807, 2.05) is 24.3 Å². The van der Waals surface area contributed by atoms with Crippen LogP contribution >= 0.6 is 11.6 Å². The van der Waals surface area contributed by atoms with Crippen LogP contribution in [-0.4, -0.2) is 25.3 Å². The van der Waals surface area contributed by atoms with Crippen molar-refractivity contribution in [2.75, 3.05) is 14.2 Å². The average molecular weight is 387 g/mol. The van der Waals surface area contributed by atoms with E-state index < -0.39 is 0 Å². The van der Waals surface area contributed by atoms with Crippen molar-refractivity contribution in [2.24, 2.45) is 0 Å². The van der Waals surface area contributed by atoms with E-state index >= 15 is 0 Å². The van der Waals surface area contributed by atoms with Crippen LogP contribution in [0.1, 0.15) is 11.3 Å². The highest BCUT2D eigenvalue weighted by Gasteiger charge is 2.12. The highest BCUT2D eigenvalue weighted by Crippen LogP contribution is 2.32. The van der Waals surface area contributed by atoms with Gasteiger partial charge in [0.05, 0.1) is 27.2 Å². The lowest BCUT2D eigenvalue weighted by Gasteiger charge is -2.07. The molecular weight excluding hydrogens is 368 g/mol. The van der Waals surface area contributed by atoms with Crippen LogP contribution in [0, 0.1) is 0 Å². The summed E-state index contributed by atoms with van der Waals surface area (Å²) in [6.45, 7) is 0.264. The number of ether oxygens (including phenoxy) is 2. The van der Waals surface area contributed by atoms with Crippen LogP contribution in [0.5, 0.6) is 11.5 Å². The number of methoxy groups -OCH3 is 2. The van der Waals surface area contributed by atoms with Crippen molar-refractivity contribution in [1.29, 1.82) is 0 Å². The Morgan fingerprint density at radius 3 is 2.63 bits per heavy atom. The summed E-state index contributed by atoms with van der Waals surface area (Å²) in [6, 6.07) is 14.5. The molecule has 1 amide bonds. The fourth-order valence-electron chi connectivity index (χ4n) is 2.59. The number of hydrogen-bond acceptors (Lipinski definition) is 5. The van der Waals surface area contributed by atoms with Crippen molar-refractivity contribution < 1.29 is 18.8 Å². The normalized spacial score (nSPS) is 10.5. The molecule has 0 fully saturated rings. The molecule has 0 spiro atoms. The molecule has 0 atom stereocenters. The lowest BCUT2D eigenvalue weighted by atomic mass is 10.1. The number of halogens is 1. The van der Waals surface area contributed by atoms with Crippen LogP contribution in [0.25, 0.3) is 11.3 Å². The van der Waals surface area contributed by atoms with E-state index in [1.54, 1.807) is 38.5 Å². The number of nitrogens with one attached hydrogen (secondary N) is 1. The van der Waals surface area contributed by atoms with Gasteiger partial charge in [-0.25, -0.2) is 0 Å². The molecule has 27 heavy (non-hydrogen) atoms. The van der Waals surface area contributed by atoms with E-state index in [0.29, 0.717) is 28.0 Å². The molecule has 3 aromatic rings. The summed E-state index contributed by atoms with van der Waals surface area (Å²) in [5.41, 5.74) is 2.20. The van der Waals surface area contributed by atoms with Gasteiger partial charge in [-0.1, -0.05) is 35.0 Å². The van der Waals surface area contributed by atoms with Crippen molar-refractivity contribution in [3.05, 3.63) is 64.8 Å². The maximum Gasteiger partial charge on any atom is 0.224 e. The average Bonchev–Trinajstić information content (AvgIpc) is 3.16. The lowest BCUT2D eigenvalue weighted by Crippen LogP contribution is -2.24. The monoisotopic (exact) mass is 386 g/mol. The predicted octanol–water partition coefficient (Wildman–Crippen LogP) is 3.87. The van der Waals surface area contributed by atoms with Crippen LogP contribution in [0.4, 0.5) is 0 Å². The molecule has 1 heterocycles. The Kier molecular flexibility index (Phi) is 5.98. The molecule has 0 radical (unpaired) electrons. The number of carbonyl (C=O) groups excluding carboxylic acids is 1. The van der Waals surface area contributed by atoms with E-state index in [4.69, 9.17) is 25.6 Å². The maximum atomic E-state index is 12.1. The van der Waals surface area contributed by atoms with Gasteiger partial charge in [-0.2, -0.15) is 0 Å². The first kappa shape index (κ1) is 18.8.